The van der Waals surface area contributed by atoms with Gasteiger partial charge in [-0.2, -0.15) is 0 Å². The third kappa shape index (κ3) is 6.97. The number of carboxylic acid groups (broad SMARTS) is 1. The van der Waals surface area contributed by atoms with Crippen LogP contribution < -0.4 is 5.32 Å². The SMILES string of the molecule is CCC(CC)CC(=O)N[C@H](CC(C)C)C(=O)O. The van der Waals surface area contributed by atoms with Gasteiger partial charge in [0.25, 0.3) is 0 Å². The molecule has 0 saturated carbocycles. The number of carbonyl (C=O) groups is 2. The molecule has 0 aliphatic heterocycles. The standard InChI is InChI=1S/C13H25NO3/c1-5-10(6-2)8-12(15)14-11(13(16)17)7-9(3)4/h9-11H,5-8H2,1-4H3,(H,14,15)(H,16,17)/t11-/m1/s1. The van der Waals surface area contributed by atoms with Crippen molar-refractivity contribution >= 4 is 11.9 Å². The number of rotatable bonds is 8. The summed E-state index contributed by atoms with van der Waals surface area (Å²) in [5.41, 5.74) is 0. The maximum atomic E-state index is 11.7. The van der Waals surface area contributed by atoms with Gasteiger partial charge in [0.15, 0.2) is 0 Å². The smallest absolute Gasteiger partial charge is 0.326 e. The van der Waals surface area contributed by atoms with Crippen molar-refractivity contribution in [3.05, 3.63) is 0 Å². The summed E-state index contributed by atoms with van der Waals surface area (Å²) in [5.74, 6) is -0.489. The normalized spacial score (nSPS) is 12.8. The van der Waals surface area contributed by atoms with Crippen molar-refractivity contribution in [1.29, 1.82) is 0 Å². The lowest BCUT2D eigenvalue weighted by Crippen LogP contribution is -2.42. The molecular weight excluding hydrogens is 218 g/mol. The zero-order valence-corrected chi connectivity index (χ0v) is 11.3. The Morgan fingerprint density at radius 2 is 1.71 bits per heavy atom. The number of hydrogen-bond acceptors (Lipinski definition) is 2. The molecule has 17 heavy (non-hydrogen) atoms. The van der Waals surface area contributed by atoms with Gasteiger partial charge in [-0.25, -0.2) is 4.79 Å². The largest absolute Gasteiger partial charge is 0.480 e. The quantitative estimate of drug-likeness (QED) is 0.688. The summed E-state index contributed by atoms with van der Waals surface area (Å²) < 4.78 is 0. The average molecular weight is 243 g/mol. The van der Waals surface area contributed by atoms with Gasteiger partial charge in [-0.05, 0) is 18.3 Å². The van der Waals surface area contributed by atoms with Crippen molar-refractivity contribution < 1.29 is 14.7 Å². The first-order valence-corrected chi connectivity index (χ1v) is 6.42. The third-order valence-corrected chi connectivity index (χ3v) is 2.97. The Balaban J connectivity index is 4.25. The molecule has 0 aromatic carbocycles. The van der Waals surface area contributed by atoms with Crippen LogP contribution in [0.4, 0.5) is 0 Å². The van der Waals surface area contributed by atoms with E-state index in [2.05, 4.69) is 5.32 Å². The molecule has 1 amide bonds. The summed E-state index contributed by atoms with van der Waals surface area (Å²) in [6, 6.07) is -0.753. The van der Waals surface area contributed by atoms with Gasteiger partial charge in [0.05, 0.1) is 0 Å². The lowest BCUT2D eigenvalue weighted by Gasteiger charge is -2.18. The van der Waals surface area contributed by atoms with E-state index < -0.39 is 12.0 Å². The highest BCUT2D eigenvalue weighted by atomic mass is 16.4. The number of aliphatic carboxylic acids is 1. The molecule has 0 rings (SSSR count). The summed E-state index contributed by atoms with van der Waals surface area (Å²) in [6.45, 7) is 7.99. The van der Waals surface area contributed by atoms with Crippen LogP contribution in [0, 0.1) is 11.8 Å². The number of amides is 1. The Morgan fingerprint density at radius 3 is 2.06 bits per heavy atom. The molecule has 0 aliphatic carbocycles. The van der Waals surface area contributed by atoms with E-state index in [1.54, 1.807) is 0 Å². The van der Waals surface area contributed by atoms with E-state index in [-0.39, 0.29) is 11.8 Å². The highest BCUT2D eigenvalue weighted by Gasteiger charge is 2.21. The van der Waals surface area contributed by atoms with Crippen molar-refractivity contribution in [3.8, 4) is 0 Å². The zero-order valence-electron chi connectivity index (χ0n) is 11.3. The third-order valence-electron chi connectivity index (χ3n) is 2.97. The fourth-order valence-corrected chi connectivity index (χ4v) is 1.79. The molecule has 0 spiro atoms. The molecule has 0 aromatic heterocycles. The molecule has 0 aromatic rings. The van der Waals surface area contributed by atoms with Gasteiger partial charge < -0.3 is 10.4 Å². The van der Waals surface area contributed by atoms with Gasteiger partial charge in [-0.3, -0.25) is 4.79 Å². The van der Waals surface area contributed by atoms with Crippen LogP contribution in [0.25, 0.3) is 0 Å². The maximum Gasteiger partial charge on any atom is 0.326 e. The predicted molar refractivity (Wildman–Crippen MR) is 67.7 cm³/mol. The first-order chi connectivity index (χ1) is 7.90. The second-order valence-electron chi connectivity index (χ2n) is 4.97. The molecule has 0 bridgehead atoms. The van der Waals surface area contributed by atoms with Crippen molar-refractivity contribution in [2.75, 3.05) is 0 Å². The monoisotopic (exact) mass is 243 g/mol. The minimum Gasteiger partial charge on any atom is -0.480 e. The molecule has 2 N–H and O–H groups in total. The second-order valence-corrected chi connectivity index (χ2v) is 4.97. The number of carboxylic acids is 1. The molecule has 0 fully saturated rings. The van der Waals surface area contributed by atoms with E-state index in [4.69, 9.17) is 5.11 Å². The molecule has 4 heteroatoms. The van der Waals surface area contributed by atoms with Crippen molar-refractivity contribution in [3.63, 3.8) is 0 Å². The van der Waals surface area contributed by atoms with E-state index in [9.17, 15) is 9.59 Å². The highest BCUT2D eigenvalue weighted by molar-refractivity contribution is 5.83. The van der Waals surface area contributed by atoms with E-state index in [0.29, 0.717) is 18.8 Å². The van der Waals surface area contributed by atoms with Crippen molar-refractivity contribution in [1.82, 2.24) is 5.32 Å². The van der Waals surface area contributed by atoms with Crippen molar-refractivity contribution in [2.24, 2.45) is 11.8 Å². The average Bonchev–Trinajstić information content (AvgIpc) is 2.24. The molecular formula is C13H25NO3. The Bertz CT molecular complexity index is 247. The van der Waals surface area contributed by atoms with Crippen LogP contribution >= 0.6 is 0 Å². The fraction of sp³-hybridized carbons (Fsp3) is 0.846. The Kier molecular flexibility index (Phi) is 7.59. The highest BCUT2D eigenvalue weighted by Crippen LogP contribution is 2.13. The van der Waals surface area contributed by atoms with E-state index in [1.807, 2.05) is 27.7 Å². The molecule has 0 aliphatic rings. The number of hydrogen-bond donors (Lipinski definition) is 2. The lowest BCUT2D eigenvalue weighted by molar-refractivity contribution is -0.142. The Labute approximate surface area is 104 Å². The van der Waals surface area contributed by atoms with Crippen LogP contribution in [0.2, 0.25) is 0 Å². The van der Waals surface area contributed by atoms with E-state index >= 15 is 0 Å². The fourth-order valence-electron chi connectivity index (χ4n) is 1.79. The minimum atomic E-state index is -0.948. The van der Waals surface area contributed by atoms with Crippen LogP contribution in [0.15, 0.2) is 0 Å². The summed E-state index contributed by atoms with van der Waals surface area (Å²) >= 11 is 0. The minimum absolute atomic E-state index is 0.147. The molecule has 1 atom stereocenters. The number of nitrogens with one attached hydrogen (secondary N) is 1. The zero-order chi connectivity index (χ0) is 13.4. The van der Waals surface area contributed by atoms with Gasteiger partial charge in [0, 0.05) is 6.42 Å². The summed E-state index contributed by atoms with van der Waals surface area (Å²) in [4.78, 5) is 22.7. The first-order valence-electron chi connectivity index (χ1n) is 6.42. The Hall–Kier alpha value is -1.06. The van der Waals surface area contributed by atoms with Crippen LogP contribution in [-0.4, -0.2) is 23.0 Å². The maximum absolute atomic E-state index is 11.7. The van der Waals surface area contributed by atoms with E-state index in [1.165, 1.54) is 0 Å². The molecule has 0 saturated heterocycles. The summed E-state index contributed by atoms with van der Waals surface area (Å²) in [5, 5.41) is 11.6. The van der Waals surface area contributed by atoms with Crippen LogP contribution in [-0.2, 0) is 9.59 Å². The molecule has 4 nitrogen and oxygen atoms in total. The number of carbonyl (C=O) groups excluding carboxylic acids is 1. The van der Waals surface area contributed by atoms with Crippen LogP contribution in [0.3, 0.4) is 0 Å². The molecule has 0 unspecified atom stereocenters. The van der Waals surface area contributed by atoms with Crippen molar-refractivity contribution in [2.45, 2.75) is 59.4 Å². The Morgan fingerprint density at radius 1 is 1.18 bits per heavy atom. The van der Waals surface area contributed by atoms with Gasteiger partial charge in [-0.1, -0.05) is 40.5 Å². The van der Waals surface area contributed by atoms with Gasteiger partial charge in [-0.15, -0.1) is 0 Å². The van der Waals surface area contributed by atoms with Gasteiger partial charge in [0.2, 0.25) is 5.91 Å². The van der Waals surface area contributed by atoms with Gasteiger partial charge in [0.1, 0.15) is 6.04 Å². The first kappa shape index (κ1) is 15.9. The second kappa shape index (κ2) is 8.09. The molecule has 0 radical (unpaired) electrons. The lowest BCUT2D eigenvalue weighted by atomic mass is 9.98. The van der Waals surface area contributed by atoms with Crippen LogP contribution in [0.5, 0.6) is 0 Å². The summed E-state index contributed by atoms with van der Waals surface area (Å²) in [7, 11) is 0. The molecule has 0 heterocycles. The topological polar surface area (TPSA) is 66.4 Å². The molecule has 100 valence electrons. The summed E-state index contributed by atoms with van der Waals surface area (Å²) in [6.07, 6.45) is 2.80. The van der Waals surface area contributed by atoms with Crippen LogP contribution in [0.1, 0.15) is 53.4 Å². The van der Waals surface area contributed by atoms with Gasteiger partial charge >= 0.3 is 5.97 Å². The predicted octanol–water partition coefficient (Wildman–Crippen LogP) is 2.43. The van der Waals surface area contributed by atoms with E-state index in [0.717, 1.165) is 12.8 Å².